The molecule has 2 aliphatic rings. The van der Waals surface area contributed by atoms with Crippen molar-refractivity contribution in [3.05, 3.63) is 34.9 Å². The van der Waals surface area contributed by atoms with E-state index >= 15 is 0 Å². The molecule has 0 aliphatic carbocycles. The minimum absolute atomic E-state index is 0.190. The normalized spacial score (nSPS) is 23.5. The van der Waals surface area contributed by atoms with Crippen molar-refractivity contribution in [1.29, 1.82) is 0 Å². The number of carbonyl (C=O) groups is 1. The number of β-amino-alcohol motifs (C(OH)–C–C–N with tert-alkyl or cyclic N) is 1. The van der Waals surface area contributed by atoms with Crippen LogP contribution < -0.4 is 0 Å². The Hall–Kier alpha value is -1.53. The Morgan fingerprint density at radius 1 is 1.12 bits per heavy atom. The maximum absolute atomic E-state index is 14.0. The summed E-state index contributed by atoms with van der Waals surface area (Å²) in [7, 11) is 0. The molecular formula is C18H24F2N2O2. The van der Waals surface area contributed by atoms with Crippen LogP contribution in [-0.2, 0) is 0 Å². The number of nitrogens with zero attached hydrogens (tertiary/aromatic N) is 2. The number of hydrogen-bond donors (Lipinski definition) is 1. The highest BCUT2D eigenvalue weighted by Crippen LogP contribution is 2.23. The van der Waals surface area contributed by atoms with E-state index in [2.05, 4.69) is 4.90 Å². The molecule has 0 unspecified atom stereocenters. The monoisotopic (exact) mass is 338 g/mol. The molecular weight excluding hydrogens is 314 g/mol. The second-order valence-electron chi connectivity index (χ2n) is 6.87. The van der Waals surface area contributed by atoms with Gasteiger partial charge in [-0.2, -0.15) is 0 Å². The smallest absolute Gasteiger partial charge is 0.256 e. The van der Waals surface area contributed by atoms with E-state index in [4.69, 9.17) is 0 Å². The predicted octanol–water partition coefficient (Wildman–Crippen LogP) is 2.33. The molecule has 4 nitrogen and oxygen atoms in total. The third kappa shape index (κ3) is 3.44. The molecule has 1 aromatic carbocycles. The van der Waals surface area contributed by atoms with E-state index in [0.717, 1.165) is 32.2 Å². The fraction of sp³-hybridized carbons (Fsp3) is 0.611. The van der Waals surface area contributed by atoms with Crippen LogP contribution in [0.5, 0.6) is 0 Å². The van der Waals surface area contributed by atoms with E-state index in [1.54, 1.807) is 4.90 Å². The molecule has 2 fully saturated rings. The average molecular weight is 338 g/mol. The number of piperidine rings is 2. The van der Waals surface area contributed by atoms with Gasteiger partial charge in [0.25, 0.3) is 5.91 Å². The van der Waals surface area contributed by atoms with Crippen molar-refractivity contribution < 1.29 is 18.7 Å². The zero-order valence-electron chi connectivity index (χ0n) is 14.0. The second kappa shape index (κ2) is 7.15. The Balaban J connectivity index is 1.62. The summed E-state index contributed by atoms with van der Waals surface area (Å²) in [4.78, 5) is 16.4. The topological polar surface area (TPSA) is 43.8 Å². The van der Waals surface area contributed by atoms with Gasteiger partial charge >= 0.3 is 0 Å². The third-order valence-electron chi connectivity index (χ3n) is 5.20. The molecule has 132 valence electrons. The van der Waals surface area contributed by atoms with Gasteiger partial charge in [-0.05, 0) is 50.8 Å². The van der Waals surface area contributed by atoms with E-state index in [9.17, 15) is 18.7 Å². The van der Waals surface area contributed by atoms with Crippen molar-refractivity contribution in [3.63, 3.8) is 0 Å². The summed E-state index contributed by atoms with van der Waals surface area (Å²) in [5.74, 6) is -2.44. The van der Waals surface area contributed by atoms with E-state index in [0.29, 0.717) is 25.7 Å². The first-order chi connectivity index (χ1) is 11.5. The molecule has 1 amide bonds. The summed E-state index contributed by atoms with van der Waals surface area (Å²) >= 11 is 0. The van der Waals surface area contributed by atoms with Gasteiger partial charge in [-0.3, -0.25) is 9.69 Å². The summed E-state index contributed by atoms with van der Waals surface area (Å²) < 4.78 is 27.7. The van der Waals surface area contributed by atoms with Crippen molar-refractivity contribution in [2.45, 2.75) is 44.8 Å². The number of rotatable bonds is 2. The van der Waals surface area contributed by atoms with Crippen LogP contribution in [0.15, 0.2) is 12.1 Å². The van der Waals surface area contributed by atoms with Crippen LogP contribution in [0.3, 0.4) is 0 Å². The van der Waals surface area contributed by atoms with Gasteiger partial charge in [-0.15, -0.1) is 0 Å². The van der Waals surface area contributed by atoms with Crippen LogP contribution in [0, 0.1) is 18.6 Å². The summed E-state index contributed by atoms with van der Waals surface area (Å²) in [6.45, 7) is 4.21. The number of aryl methyl sites for hydroxylation is 1. The zero-order valence-corrected chi connectivity index (χ0v) is 14.0. The minimum Gasteiger partial charge on any atom is -0.392 e. The third-order valence-corrected chi connectivity index (χ3v) is 5.20. The van der Waals surface area contributed by atoms with Gasteiger partial charge in [0.05, 0.1) is 11.7 Å². The zero-order chi connectivity index (χ0) is 17.3. The molecule has 2 heterocycles. The quantitative estimate of drug-likeness (QED) is 0.900. The van der Waals surface area contributed by atoms with Gasteiger partial charge < -0.3 is 10.0 Å². The fourth-order valence-electron chi connectivity index (χ4n) is 3.73. The van der Waals surface area contributed by atoms with Crippen molar-refractivity contribution >= 4 is 5.91 Å². The lowest BCUT2D eigenvalue weighted by Gasteiger charge is -2.41. The predicted molar refractivity (Wildman–Crippen MR) is 86.8 cm³/mol. The van der Waals surface area contributed by atoms with Gasteiger partial charge in [0.2, 0.25) is 0 Å². The van der Waals surface area contributed by atoms with Crippen LogP contribution in [0.1, 0.15) is 41.6 Å². The van der Waals surface area contributed by atoms with Crippen LogP contribution in [0.25, 0.3) is 0 Å². The van der Waals surface area contributed by atoms with Gasteiger partial charge in [-0.25, -0.2) is 8.78 Å². The Morgan fingerprint density at radius 2 is 1.83 bits per heavy atom. The highest BCUT2D eigenvalue weighted by atomic mass is 19.2. The highest BCUT2D eigenvalue weighted by molar-refractivity contribution is 5.94. The first kappa shape index (κ1) is 17.3. The molecule has 1 aromatic rings. The van der Waals surface area contributed by atoms with Crippen LogP contribution >= 0.6 is 0 Å². The van der Waals surface area contributed by atoms with Crippen LogP contribution in [0.2, 0.25) is 0 Å². The number of hydrogen-bond acceptors (Lipinski definition) is 3. The van der Waals surface area contributed by atoms with Gasteiger partial charge in [0, 0.05) is 25.7 Å². The summed E-state index contributed by atoms with van der Waals surface area (Å²) in [5.41, 5.74) is 0.0105. The molecule has 1 atom stereocenters. The summed E-state index contributed by atoms with van der Waals surface area (Å²) in [6.07, 6.45) is 3.19. The van der Waals surface area contributed by atoms with Gasteiger partial charge in [-0.1, -0.05) is 6.07 Å². The lowest BCUT2D eigenvalue weighted by Crippen LogP contribution is -2.50. The number of benzene rings is 1. The van der Waals surface area contributed by atoms with E-state index in [1.165, 1.54) is 19.1 Å². The Kier molecular flexibility index (Phi) is 5.15. The Bertz CT molecular complexity index is 615. The number of aliphatic hydroxyl groups is 1. The van der Waals surface area contributed by atoms with E-state index in [-0.39, 0.29) is 17.2 Å². The number of likely N-dealkylation sites (tertiary alicyclic amines) is 2. The molecule has 2 saturated heterocycles. The highest BCUT2D eigenvalue weighted by Gasteiger charge is 2.31. The van der Waals surface area contributed by atoms with Crippen LogP contribution in [-0.4, -0.2) is 59.1 Å². The molecule has 1 N–H and O–H groups in total. The number of aliphatic hydroxyl groups excluding tert-OH is 1. The van der Waals surface area contributed by atoms with Gasteiger partial charge in [0.15, 0.2) is 11.6 Å². The molecule has 0 bridgehead atoms. The second-order valence-corrected chi connectivity index (χ2v) is 6.87. The molecule has 0 radical (unpaired) electrons. The van der Waals surface area contributed by atoms with Crippen molar-refractivity contribution in [3.8, 4) is 0 Å². The maximum Gasteiger partial charge on any atom is 0.256 e. The SMILES string of the molecule is Cc1ccc(C(=O)N2CCC(N3CCC[C@@H](O)C3)CC2)c(F)c1F. The molecule has 3 rings (SSSR count). The molecule has 0 spiro atoms. The Morgan fingerprint density at radius 3 is 2.50 bits per heavy atom. The first-order valence-corrected chi connectivity index (χ1v) is 8.63. The standard InChI is InChI=1S/C18H24F2N2O2/c1-12-4-5-15(17(20)16(12)19)18(24)21-9-6-13(7-10-21)22-8-2-3-14(23)11-22/h4-5,13-14,23H,2-3,6-11H2,1H3/t14-/m1/s1. The van der Waals surface area contributed by atoms with Crippen molar-refractivity contribution in [2.75, 3.05) is 26.2 Å². The molecule has 0 saturated carbocycles. The minimum atomic E-state index is -1.05. The number of halogens is 2. The number of carbonyl (C=O) groups excluding carboxylic acids is 1. The maximum atomic E-state index is 14.0. The lowest BCUT2D eigenvalue weighted by atomic mass is 9.98. The largest absolute Gasteiger partial charge is 0.392 e. The lowest BCUT2D eigenvalue weighted by molar-refractivity contribution is 0.0239. The number of amides is 1. The average Bonchev–Trinajstić information content (AvgIpc) is 2.59. The summed E-state index contributed by atoms with van der Waals surface area (Å²) in [5, 5.41) is 9.79. The Labute approximate surface area is 141 Å². The first-order valence-electron chi connectivity index (χ1n) is 8.63. The molecule has 2 aliphatic heterocycles. The molecule has 24 heavy (non-hydrogen) atoms. The van der Waals surface area contributed by atoms with Crippen molar-refractivity contribution in [1.82, 2.24) is 9.80 Å². The van der Waals surface area contributed by atoms with Crippen LogP contribution in [0.4, 0.5) is 8.78 Å². The summed E-state index contributed by atoms with van der Waals surface area (Å²) in [6, 6.07) is 3.15. The van der Waals surface area contributed by atoms with Gasteiger partial charge in [0.1, 0.15) is 0 Å². The molecule has 0 aromatic heterocycles. The van der Waals surface area contributed by atoms with E-state index in [1.807, 2.05) is 0 Å². The fourth-order valence-corrected chi connectivity index (χ4v) is 3.73. The van der Waals surface area contributed by atoms with E-state index < -0.39 is 17.5 Å². The van der Waals surface area contributed by atoms with Crippen molar-refractivity contribution in [2.24, 2.45) is 0 Å². The molecule has 6 heteroatoms.